The van der Waals surface area contributed by atoms with Gasteiger partial charge in [0.25, 0.3) is 0 Å². The standard InChI is InChI=1S/C23H26ClN5O2S2/c1-2-31-21(30)19-16-10-5-3-4-6-12-18(16)33-20(19)26-23(32)27-22-25-14-29(28-22)13-15-9-7-8-11-17(15)24/h7-9,11,14H,2-6,10,12-13H2,1H3,(H2,26,27,28,32). The third-order valence-electron chi connectivity index (χ3n) is 5.43. The van der Waals surface area contributed by atoms with E-state index in [1.54, 1.807) is 22.3 Å². The molecule has 2 heterocycles. The maximum Gasteiger partial charge on any atom is 0.341 e. The van der Waals surface area contributed by atoms with Gasteiger partial charge in [0, 0.05) is 9.90 Å². The van der Waals surface area contributed by atoms with E-state index >= 15 is 0 Å². The van der Waals surface area contributed by atoms with Crippen molar-refractivity contribution in [1.82, 2.24) is 14.8 Å². The Morgan fingerprint density at radius 1 is 1.21 bits per heavy atom. The summed E-state index contributed by atoms with van der Waals surface area (Å²) in [6, 6.07) is 7.61. The van der Waals surface area contributed by atoms with E-state index in [1.165, 1.54) is 17.7 Å². The molecule has 0 saturated carbocycles. The Morgan fingerprint density at radius 3 is 2.79 bits per heavy atom. The summed E-state index contributed by atoms with van der Waals surface area (Å²) in [7, 11) is 0. The van der Waals surface area contributed by atoms with Gasteiger partial charge in [0.1, 0.15) is 11.3 Å². The summed E-state index contributed by atoms with van der Waals surface area (Å²) in [5.74, 6) is 0.0650. The van der Waals surface area contributed by atoms with Gasteiger partial charge in [0.2, 0.25) is 5.95 Å². The molecular weight excluding hydrogens is 478 g/mol. The zero-order valence-corrected chi connectivity index (χ0v) is 20.8. The molecule has 0 amide bonds. The minimum atomic E-state index is -0.303. The number of hydrogen-bond donors (Lipinski definition) is 2. The molecule has 7 nitrogen and oxygen atoms in total. The normalized spacial score (nSPS) is 13.5. The van der Waals surface area contributed by atoms with Gasteiger partial charge in [-0.3, -0.25) is 5.32 Å². The molecule has 2 aromatic heterocycles. The second kappa shape index (κ2) is 11.1. The number of rotatable bonds is 6. The minimum Gasteiger partial charge on any atom is -0.462 e. The Morgan fingerprint density at radius 2 is 2.00 bits per heavy atom. The lowest BCUT2D eigenvalue weighted by molar-refractivity contribution is 0.0526. The Kier molecular flexibility index (Phi) is 7.95. The van der Waals surface area contributed by atoms with E-state index in [0.29, 0.717) is 39.8 Å². The van der Waals surface area contributed by atoms with Crippen LogP contribution < -0.4 is 10.6 Å². The summed E-state index contributed by atoms with van der Waals surface area (Å²) in [5, 5.41) is 12.4. The number of carbonyl (C=O) groups excluding carboxylic acids is 1. The zero-order valence-electron chi connectivity index (χ0n) is 18.4. The van der Waals surface area contributed by atoms with Crippen molar-refractivity contribution in [1.29, 1.82) is 0 Å². The molecule has 0 atom stereocenters. The molecule has 174 valence electrons. The topological polar surface area (TPSA) is 81.1 Å². The Bertz CT molecular complexity index is 1140. The lowest BCUT2D eigenvalue weighted by Gasteiger charge is -2.12. The maximum atomic E-state index is 12.8. The number of nitrogens with zero attached hydrogens (tertiary/aromatic N) is 3. The van der Waals surface area contributed by atoms with E-state index in [1.807, 2.05) is 31.2 Å². The van der Waals surface area contributed by atoms with Crippen molar-refractivity contribution in [2.75, 3.05) is 17.2 Å². The first-order chi connectivity index (χ1) is 16.0. The SMILES string of the molecule is CCOC(=O)c1c(NC(=S)Nc2ncn(Cc3ccccc3Cl)n2)sc2c1CCCCCC2. The molecule has 4 rings (SSSR count). The summed E-state index contributed by atoms with van der Waals surface area (Å²) in [6.45, 7) is 2.65. The Labute approximate surface area is 207 Å². The van der Waals surface area contributed by atoms with Crippen LogP contribution in [0.3, 0.4) is 0 Å². The lowest BCUT2D eigenvalue weighted by Crippen LogP contribution is -2.21. The van der Waals surface area contributed by atoms with Crippen LogP contribution in [0, 0.1) is 0 Å². The number of thiocarbonyl (C=S) groups is 1. The van der Waals surface area contributed by atoms with Gasteiger partial charge in [-0.15, -0.1) is 16.4 Å². The van der Waals surface area contributed by atoms with Crippen molar-refractivity contribution in [3.05, 3.63) is 57.2 Å². The highest BCUT2D eigenvalue weighted by molar-refractivity contribution is 7.80. The number of benzene rings is 1. The molecular formula is C23H26ClN5O2S2. The van der Waals surface area contributed by atoms with E-state index < -0.39 is 0 Å². The number of thiophene rings is 1. The summed E-state index contributed by atoms with van der Waals surface area (Å²) in [4.78, 5) is 18.3. The summed E-state index contributed by atoms with van der Waals surface area (Å²) >= 11 is 13.3. The number of halogens is 1. The van der Waals surface area contributed by atoms with Gasteiger partial charge in [0.05, 0.1) is 18.7 Å². The monoisotopic (exact) mass is 503 g/mol. The third kappa shape index (κ3) is 5.90. The number of fused-ring (bicyclic) bond motifs is 1. The molecule has 0 spiro atoms. The third-order valence-corrected chi connectivity index (χ3v) is 7.21. The molecule has 10 heteroatoms. The molecule has 1 aliphatic rings. The molecule has 1 aliphatic carbocycles. The van der Waals surface area contributed by atoms with Crippen LogP contribution in [0.1, 0.15) is 59.0 Å². The smallest absolute Gasteiger partial charge is 0.341 e. The van der Waals surface area contributed by atoms with E-state index in [2.05, 4.69) is 20.7 Å². The molecule has 3 aromatic rings. The predicted octanol–water partition coefficient (Wildman–Crippen LogP) is 5.69. The minimum absolute atomic E-state index is 0.303. The van der Waals surface area contributed by atoms with Crippen LogP contribution in [0.5, 0.6) is 0 Å². The Balaban J connectivity index is 1.48. The number of aryl methyl sites for hydroxylation is 1. The molecule has 2 N–H and O–H groups in total. The van der Waals surface area contributed by atoms with E-state index in [4.69, 9.17) is 28.6 Å². The lowest BCUT2D eigenvalue weighted by atomic mass is 9.96. The molecule has 0 fully saturated rings. The predicted molar refractivity (Wildman–Crippen MR) is 137 cm³/mol. The van der Waals surface area contributed by atoms with Gasteiger partial charge >= 0.3 is 5.97 Å². The molecule has 0 saturated heterocycles. The van der Waals surface area contributed by atoms with Gasteiger partial charge in [-0.05, 0) is 62.0 Å². The average molecular weight is 504 g/mol. The summed E-state index contributed by atoms with van der Waals surface area (Å²) in [5.41, 5.74) is 2.66. The van der Waals surface area contributed by atoms with E-state index in [0.717, 1.165) is 36.8 Å². The highest BCUT2D eigenvalue weighted by atomic mass is 35.5. The van der Waals surface area contributed by atoms with Crippen LogP contribution in [0.25, 0.3) is 0 Å². The highest BCUT2D eigenvalue weighted by Crippen LogP contribution is 2.37. The maximum absolute atomic E-state index is 12.8. The fourth-order valence-corrected chi connectivity index (χ4v) is 5.63. The van der Waals surface area contributed by atoms with Gasteiger partial charge in [-0.2, -0.15) is 0 Å². The largest absolute Gasteiger partial charge is 0.462 e. The molecule has 0 aliphatic heterocycles. The quantitative estimate of drug-likeness (QED) is 0.330. The van der Waals surface area contributed by atoms with Gasteiger partial charge in [-0.25, -0.2) is 14.5 Å². The van der Waals surface area contributed by atoms with E-state index in [9.17, 15) is 4.79 Å². The van der Waals surface area contributed by atoms with Crippen molar-refractivity contribution >= 4 is 57.2 Å². The zero-order chi connectivity index (χ0) is 23.2. The van der Waals surface area contributed by atoms with Crippen LogP contribution in [0.4, 0.5) is 10.9 Å². The number of nitrogens with one attached hydrogen (secondary N) is 2. The van der Waals surface area contributed by atoms with Crippen molar-refractivity contribution in [2.45, 2.75) is 52.0 Å². The van der Waals surface area contributed by atoms with Crippen molar-refractivity contribution in [2.24, 2.45) is 0 Å². The summed E-state index contributed by atoms with van der Waals surface area (Å²) in [6.07, 6.45) is 8.09. The van der Waals surface area contributed by atoms with Gasteiger partial charge in [-0.1, -0.05) is 42.6 Å². The number of aromatic nitrogens is 3. The molecule has 33 heavy (non-hydrogen) atoms. The fraction of sp³-hybridized carbons (Fsp3) is 0.391. The number of anilines is 2. The van der Waals surface area contributed by atoms with E-state index in [-0.39, 0.29) is 5.97 Å². The molecule has 0 radical (unpaired) electrons. The summed E-state index contributed by atoms with van der Waals surface area (Å²) < 4.78 is 7.05. The van der Waals surface area contributed by atoms with Crippen molar-refractivity contribution in [3.63, 3.8) is 0 Å². The fourth-order valence-electron chi connectivity index (χ4n) is 3.89. The van der Waals surface area contributed by atoms with Crippen LogP contribution >= 0.6 is 35.2 Å². The van der Waals surface area contributed by atoms with Crippen molar-refractivity contribution in [3.8, 4) is 0 Å². The second-order valence-electron chi connectivity index (χ2n) is 7.78. The number of ether oxygens (including phenoxy) is 1. The first kappa shape index (κ1) is 23.7. The molecule has 0 bridgehead atoms. The van der Waals surface area contributed by atoms with Gasteiger partial charge < -0.3 is 10.1 Å². The molecule has 0 unspecified atom stereocenters. The number of hydrogen-bond acceptors (Lipinski definition) is 6. The van der Waals surface area contributed by atoms with Crippen LogP contribution in [-0.4, -0.2) is 32.5 Å². The average Bonchev–Trinajstić information content (AvgIpc) is 3.33. The highest BCUT2D eigenvalue weighted by Gasteiger charge is 2.25. The molecule has 1 aromatic carbocycles. The second-order valence-corrected chi connectivity index (χ2v) is 9.70. The van der Waals surface area contributed by atoms with Crippen LogP contribution in [0.2, 0.25) is 5.02 Å². The van der Waals surface area contributed by atoms with Crippen LogP contribution in [0.15, 0.2) is 30.6 Å². The number of esters is 1. The first-order valence-electron chi connectivity index (χ1n) is 11.1. The van der Waals surface area contributed by atoms with Gasteiger partial charge in [0.15, 0.2) is 5.11 Å². The van der Waals surface area contributed by atoms with Crippen molar-refractivity contribution < 1.29 is 9.53 Å². The number of carbonyl (C=O) groups is 1. The van der Waals surface area contributed by atoms with Crippen LogP contribution in [-0.2, 0) is 24.1 Å². The Hall–Kier alpha value is -2.49. The first-order valence-corrected chi connectivity index (χ1v) is 12.7.